The number of hydrogen-bond acceptors (Lipinski definition) is 6. The average Bonchev–Trinajstić information content (AvgIpc) is 3.29. The number of carbonyl (C=O) groups excluding carboxylic acids is 1. The Balaban J connectivity index is 1.28. The van der Waals surface area contributed by atoms with E-state index in [-0.39, 0.29) is 23.3 Å². The highest BCUT2D eigenvalue weighted by molar-refractivity contribution is 5.78. The van der Waals surface area contributed by atoms with Crippen LogP contribution >= 0.6 is 0 Å². The minimum Gasteiger partial charge on any atom is -0.352 e. The van der Waals surface area contributed by atoms with E-state index in [4.69, 9.17) is 4.52 Å². The van der Waals surface area contributed by atoms with E-state index in [1.807, 2.05) is 6.92 Å². The van der Waals surface area contributed by atoms with Gasteiger partial charge in [-0.05, 0) is 37.8 Å². The Labute approximate surface area is 197 Å². The normalized spacial score (nSPS) is 23.6. The molecule has 2 aromatic rings. The first-order valence-electron chi connectivity index (χ1n) is 12.0. The van der Waals surface area contributed by atoms with Crippen LogP contribution in [0, 0.1) is 5.92 Å². The summed E-state index contributed by atoms with van der Waals surface area (Å²) in [5.41, 5.74) is -0.484. The van der Waals surface area contributed by atoms with Crippen LogP contribution in [-0.2, 0) is 11.0 Å². The van der Waals surface area contributed by atoms with Crippen molar-refractivity contribution in [3.05, 3.63) is 35.7 Å². The molecule has 0 bridgehead atoms. The summed E-state index contributed by atoms with van der Waals surface area (Å²) < 4.78 is 44.4. The molecular weight excluding hydrogens is 447 g/mol. The Bertz CT molecular complexity index is 972. The Morgan fingerprint density at radius 1 is 1.24 bits per heavy atom. The molecule has 0 radical (unpaired) electrons. The fourth-order valence-electron chi connectivity index (χ4n) is 4.86. The highest BCUT2D eigenvalue weighted by Crippen LogP contribution is 2.32. The molecule has 1 N–H and O–H groups in total. The van der Waals surface area contributed by atoms with E-state index in [1.165, 1.54) is 25.0 Å². The molecule has 3 atom stereocenters. The fraction of sp³-hybridized carbons (Fsp3) is 0.625. The molecule has 1 amide bonds. The number of rotatable bonds is 6. The Morgan fingerprint density at radius 2 is 2.00 bits per heavy atom. The minimum atomic E-state index is -4.43. The van der Waals surface area contributed by atoms with Crippen LogP contribution in [0.4, 0.5) is 13.2 Å². The molecule has 7 nitrogen and oxygen atoms in total. The van der Waals surface area contributed by atoms with Gasteiger partial charge in [0.1, 0.15) is 0 Å². The third-order valence-electron chi connectivity index (χ3n) is 6.87. The van der Waals surface area contributed by atoms with E-state index in [9.17, 15) is 18.0 Å². The highest BCUT2D eigenvalue weighted by atomic mass is 19.4. The van der Waals surface area contributed by atoms with Crippen molar-refractivity contribution in [1.82, 2.24) is 25.3 Å². The molecule has 2 fully saturated rings. The van der Waals surface area contributed by atoms with Gasteiger partial charge < -0.3 is 9.84 Å². The summed E-state index contributed by atoms with van der Waals surface area (Å²) in [7, 11) is 0. The van der Waals surface area contributed by atoms with E-state index in [0.717, 1.165) is 51.2 Å². The number of hydrogen-bond donors (Lipinski definition) is 1. The van der Waals surface area contributed by atoms with Crippen LogP contribution in [0.15, 0.2) is 28.8 Å². The molecule has 34 heavy (non-hydrogen) atoms. The van der Waals surface area contributed by atoms with Gasteiger partial charge in [0.05, 0.1) is 18.2 Å². The SMILES string of the molecule is CC1CCCC(NC(=O)CN2CCN(C(C)c3nc(-c4cccc(C(F)(F)F)c4)no3)CC2)C1. The molecule has 4 rings (SSSR count). The Hall–Kier alpha value is -2.46. The lowest BCUT2D eigenvalue weighted by molar-refractivity contribution is -0.137. The van der Waals surface area contributed by atoms with Gasteiger partial charge in [0.25, 0.3) is 0 Å². The van der Waals surface area contributed by atoms with Gasteiger partial charge >= 0.3 is 6.18 Å². The number of alkyl halides is 3. The van der Waals surface area contributed by atoms with Gasteiger partial charge in [0.15, 0.2) is 0 Å². The first-order chi connectivity index (χ1) is 16.2. The van der Waals surface area contributed by atoms with Gasteiger partial charge in [-0.25, -0.2) is 0 Å². The summed E-state index contributed by atoms with van der Waals surface area (Å²) in [5, 5.41) is 7.09. The highest BCUT2D eigenvalue weighted by Gasteiger charge is 2.31. The largest absolute Gasteiger partial charge is 0.416 e. The molecule has 1 saturated heterocycles. The summed E-state index contributed by atoms with van der Waals surface area (Å²) in [5.74, 6) is 1.26. The molecule has 2 aliphatic rings. The predicted molar refractivity (Wildman–Crippen MR) is 121 cm³/mol. The summed E-state index contributed by atoms with van der Waals surface area (Å²) in [6.07, 6.45) is 0.112. The van der Waals surface area contributed by atoms with E-state index in [0.29, 0.717) is 24.4 Å². The molecule has 1 aromatic heterocycles. The van der Waals surface area contributed by atoms with Crippen LogP contribution in [0.1, 0.15) is 57.0 Å². The molecule has 2 heterocycles. The molecule has 10 heteroatoms. The zero-order valence-corrected chi connectivity index (χ0v) is 19.6. The third-order valence-corrected chi connectivity index (χ3v) is 6.87. The molecule has 1 aliphatic heterocycles. The number of benzene rings is 1. The van der Waals surface area contributed by atoms with Crippen molar-refractivity contribution in [2.24, 2.45) is 5.92 Å². The van der Waals surface area contributed by atoms with E-state index < -0.39 is 11.7 Å². The van der Waals surface area contributed by atoms with Crippen molar-refractivity contribution in [3.8, 4) is 11.4 Å². The first kappa shape index (κ1) is 24.7. The zero-order chi connectivity index (χ0) is 24.3. The average molecular weight is 480 g/mol. The lowest BCUT2D eigenvalue weighted by Crippen LogP contribution is -2.51. The van der Waals surface area contributed by atoms with Crippen LogP contribution in [0.5, 0.6) is 0 Å². The van der Waals surface area contributed by atoms with Crippen molar-refractivity contribution < 1.29 is 22.5 Å². The van der Waals surface area contributed by atoms with Crippen molar-refractivity contribution >= 4 is 5.91 Å². The zero-order valence-electron chi connectivity index (χ0n) is 19.6. The van der Waals surface area contributed by atoms with Gasteiger partial charge in [-0.3, -0.25) is 14.6 Å². The van der Waals surface area contributed by atoms with Crippen molar-refractivity contribution in [2.45, 2.75) is 57.8 Å². The standard InChI is InChI=1S/C24H32F3N5O2/c1-16-5-3-8-20(13-16)28-21(33)15-31-9-11-32(12-10-31)17(2)23-29-22(30-34-23)18-6-4-7-19(14-18)24(25,26)27/h4,6-7,14,16-17,20H,3,5,8-13,15H2,1-2H3,(H,28,33). The number of piperazine rings is 1. The van der Waals surface area contributed by atoms with E-state index in [2.05, 4.69) is 32.2 Å². The summed E-state index contributed by atoms with van der Waals surface area (Å²) in [4.78, 5) is 21.2. The van der Waals surface area contributed by atoms with Gasteiger partial charge in [-0.1, -0.05) is 37.1 Å². The maximum atomic E-state index is 13.0. The van der Waals surface area contributed by atoms with Gasteiger partial charge in [0, 0.05) is 37.8 Å². The molecule has 0 spiro atoms. The second-order valence-corrected chi connectivity index (χ2v) is 9.56. The first-order valence-corrected chi connectivity index (χ1v) is 12.0. The second kappa shape index (κ2) is 10.4. The smallest absolute Gasteiger partial charge is 0.352 e. The van der Waals surface area contributed by atoms with Crippen LogP contribution in [0.3, 0.4) is 0 Å². The molecule has 1 saturated carbocycles. The lowest BCUT2D eigenvalue weighted by atomic mass is 9.87. The van der Waals surface area contributed by atoms with E-state index >= 15 is 0 Å². The van der Waals surface area contributed by atoms with Gasteiger partial charge in [-0.15, -0.1) is 0 Å². The molecule has 3 unspecified atom stereocenters. The number of aromatic nitrogens is 2. The minimum absolute atomic E-state index is 0.0863. The predicted octanol–water partition coefficient (Wildman–Crippen LogP) is 4.13. The van der Waals surface area contributed by atoms with Crippen molar-refractivity contribution in [2.75, 3.05) is 32.7 Å². The van der Waals surface area contributed by atoms with Crippen LogP contribution in [0.2, 0.25) is 0 Å². The van der Waals surface area contributed by atoms with Gasteiger partial charge in [0.2, 0.25) is 17.6 Å². The topological polar surface area (TPSA) is 74.5 Å². The summed E-state index contributed by atoms with van der Waals surface area (Å²) in [6.45, 7) is 7.53. The fourth-order valence-corrected chi connectivity index (χ4v) is 4.86. The number of nitrogens with zero attached hydrogens (tertiary/aromatic N) is 4. The molecule has 186 valence electrons. The number of halogens is 3. The number of nitrogens with one attached hydrogen (secondary N) is 1. The number of carbonyl (C=O) groups is 1. The molecule has 1 aliphatic carbocycles. The summed E-state index contributed by atoms with van der Waals surface area (Å²) in [6, 6.07) is 5.03. The maximum Gasteiger partial charge on any atom is 0.416 e. The third kappa shape index (κ3) is 6.15. The van der Waals surface area contributed by atoms with Crippen LogP contribution in [-0.4, -0.2) is 64.6 Å². The van der Waals surface area contributed by atoms with Gasteiger partial charge in [-0.2, -0.15) is 18.2 Å². The molecule has 1 aromatic carbocycles. The lowest BCUT2D eigenvalue weighted by Gasteiger charge is -2.36. The Kier molecular flexibility index (Phi) is 7.57. The molecular formula is C24H32F3N5O2. The Morgan fingerprint density at radius 3 is 2.71 bits per heavy atom. The quantitative estimate of drug-likeness (QED) is 0.672. The van der Waals surface area contributed by atoms with Crippen LogP contribution < -0.4 is 5.32 Å². The maximum absolute atomic E-state index is 13.0. The van der Waals surface area contributed by atoms with Crippen molar-refractivity contribution in [1.29, 1.82) is 0 Å². The monoisotopic (exact) mass is 479 g/mol. The van der Waals surface area contributed by atoms with E-state index in [1.54, 1.807) is 0 Å². The van der Waals surface area contributed by atoms with Crippen molar-refractivity contribution in [3.63, 3.8) is 0 Å². The van der Waals surface area contributed by atoms with Crippen LogP contribution in [0.25, 0.3) is 11.4 Å². The summed E-state index contributed by atoms with van der Waals surface area (Å²) >= 11 is 0. The number of amides is 1. The second-order valence-electron chi connectivity index (χ2n) is 9.56.